The summed E-state index contributed by atoms with van der Waals surface area (Å²) in [4.78, 5) is 11.0. The third kappa shape index (κ3) is 2.79. The van der Waals surface area contributed by atoms with Gasteiger partial charge in [0.1, 0.15) is 5.82 Å². The number of nitrogen functional groups attached to an aromatic ring is 1. The van der Waals surface area contributed by atoms with Crippen molar-refractivity contribution in [2.24, 2.45) is 5.73 Å². The van der Waals surface area contributed by atoms with Gasteiger partial charge in [-0.1, -0.05) is 0 Å². The molecule has 0 aliphatic carbocycles. The Morgan fingerprint density at radius 2 is 2.00 bits per heavy atom. The van der Waals surface area contributed by atoms with E-state index in [0.717, 1.165) is 57.1 Å². The van der Waals surface area contributed by atoms with Crippen LogP contribution in [-0.4, -0.2) is 42.3 Å². The molecule has 1 aromatic rings. The third-order valence-electron chi connectivity index (χ3n) is 3.94. The van der Waals surface area contributed by atoms with Gasteiger partial charge < -0.3 is 21.1 Å². The van der Waals surface area contributed by atoms with E-state index in [9.17, 15) is 0 Å². The van der Waals surface area contributed by atoms with Gasteiger partial charge in [-0.2, -0.15) is 4.98 Å². The Kier molecular flexibility index (Phi) is 3.52. The highest BCUT2D eigenvalue weighted by molar-refractivity contribution is 5.45. The number of anilines is 2. The fraction of sp³-hybridized carbons (Fsp3) is 0.692. The van der Waals surface area contributed by atoms with Crippen LogP contribution in [0.2, 0.25) is 0 Å². The van der Waals surface area contributed by atoms with Gasteiger partial charge in [0.2, 0.25) is 5.95 Å². The molecule has 2 aliphatic rings. The maximum absolute atomic E-state index is 5.95. The van der Waals surface area contributed by atoms with E-state index in [-0.39, 0.29) is 6.04 Å². The minimum Gasteiger partial charge on any atom is -0.381 e. The number of hydrogen-bond donors (Lipinski definition) is 2. The second kappa shape index (κ2) is 5.30. The number of aromatic nitrogens is 2. The Labute approximate surface area is 113 Å². The molecule has 0 spiro atoms. The fourth-order valence-electron chi connectivity index (χ4n) is 2.83. The largest absolute Gasteiger partial charge is 0.381 e. The lowest BCUT2D eigenvalue weighted by Crippen LogP contribution is -2.27. The molecule has 1 aromatic heterocycles. The normalized spacial score (nSPS) is 24.9. The van der Waals surface area contributed by atoms with E-state index in [0.29, 0.717) is 11.9 Å². The van der Waals surface area contributed by atoms with Crippen LogP contribution in [-0.2, 0) is 4.74 Å². The van der Waals surface area contributed by atoms with Crippen molar-refractivity contribution in [3.63, 3.8) is 0 Å². The van der Waals surface area contributed by atoms with Gasteiger partial charge in [0, 0.05) is 44.3 Å². The van der Waals surface area contributed by atoms with Crippen molar-refractivity contribution in [3.8, 4) is 0 Å². The van der Waals surface area contributed by atoms with E-state index in [1.165, 1.54) is 0 Å². The highest BCUT2D eigenvalue weighted by Gasteiger charge is 2.23. The van der Waals surface area contributed by atoms with Crippen LogP contribution < -0.4 is 16.4 Å². The molecule has 19 heavy (non-hydrogen) atoms. The van der Waals surface area contributed by atoms with Gasteiger partial charge in [0.25, 0.3) is 0 Å². The molecule has 3 rings (SSSR count). The average molecular weight is 263 g/mol. The van der Waals surface area contributed by atoms with Gasteiger partial charge in [0.05, 0.1) is 5.69 Å². The minimum atomic E-state index is 0.239. The van der Waals surface area contributed by atoms with Gasteiger partial charge in [-0.15, -0.1) is 0 Å². The second-order valence-corrected chi connectivity index (χ2v) is 5.39. The first-order valence-electron chi connectivity index (χ1n) is 6.95. The Bertz CT molecular complexity index is 424. The first-order chi connectivity index (χ1) is 9.22. The van der Waals surface area contributed by atoms with E-state index < -0.39 is 0 Å². The van der Waals surface area contributed by atoms with Gasteiger partial charge in [0.15, 0.2) is 0 Å². The predicted octanol–water partition coefficient (Wildman–Crippen LogP) is 0.490. The monoisotopic (exact) mass is 263 g/mol. The molecule has 104 valence electrons. The molecular formula is C13H21N5O. The summed E-state index contributed by atoms with van der Waals surface area (Å²) in [6.45, 7) is 3.41. The highest BCUT2D eigenvalue weighted by atomic mass is 16.5. The van der Waals surface area contributed by atoms with Crippen LogP contribution in [0.5, 0.6) is 0 Å². The zero-order chi connectivity index (χ0) is 13.2. The lowest BCUT2D eigenvalue weighted by atomic mass is 9.96. The molecule has 0 aromatic carbocycles. The molecule has 3 heterocycles. The Hall–Kier alpha value is -1.40. The molecule has 1 unspecified atom stereocenters. The van der Waals surface area contributed by atoms with Gasteiger partial charge >= 0.3 is 0 Å². The summed E-state index contributed by atoms with van der Waals surface area (Å²) in [6, 6.07) is 2.31. The Morgan fingerprint density at radius 3 is 2.68 bits per heavy atom. The molecule has 6 nitrogen and oxygen atoms in total. The molecular weight excluding hydrogens is 242 g/mol. The lowest BCUT2D eigenvalue weighted by Gasteiger charge is -2.23. The zero-order valence-electron chi connectivity index (χ0n) is 11.1. The van der Waals surface area contributed by atoms with E-state index in [4.69, 9.17) is 16.2 Å². The summed E-state index contributed by atoms with van der Waals surface area (Å²) in [7, 11) is 0. The fourth-order valence-corrected chi connectivity index (χ4v) is 2.83. The SMILES string of the molecule is Nc1nc(C2CCOCC2)cc(N2CCC(N)C2)n1. The van der Waals surface area contributed by atoms with Crippen molar-refractivity contribution < 1.29 is 4.74 Å². The molecule has 0 bridgehead atoms. The molecule has 2 fully saturated rings. The zero-order valence-corrected chi connectivity index (χ0v) is 11.1. The van der Waals surface area contributed by atoms with E-state index in [1.807, 2.05) is 0 Å². The van der Waals surface area contributed by atoms with Crippen LogP contribution in [0, 0.1) is 0 Å². The Morgan fingerprint density at radius 1 is 1.21 bits per heavy atom. The van der Waals surface area contributed by atoms with Crippen molar-refractivity contribution in [2.45, 2.75) is 31.2 Å². The molecule has 0 radical (unpaired) electrons. The van der Waals surface area contributed by atoms with Gasteiger partial charge in [-0.05, 0) is 19.3 Å². The first kappa shape index (κ1) is 12.6. The molecule has 1 atom stereocenters. The summed E-state index contributed by atoms with van der Waals surface area (Å²) < 4.78 is 5.39. The summed E-state index contributed by atoms with van der Waals surface area (Å²) in [6.07, 6.45) is 3.03. The molecule has 4 N–H and O–H groups in total. The molecule has 0 amide bonds. The summed E-state index contributed by atoms with van der Waals surface area (Å²) in [5.74, 6) is 1.72. The van der Waals surface area contributed by atoms with Crippen molar-refractivity contribution >= 4 is 11.8 Å². The van der Waals surface area contributed by atoms with Crippen LogP contribution in [0.15, 0.2) is 6.07 Å². The van der Waals surface area contributed by atoms with Crippen LogP contribution in [0.1, 0.15) is 30.9 Å². The molecule has 2 aliphatic heterocycles. The number of nitrogens with zero attached hydrogens (tertiary/aromatic N) is 3. The second-order valence-electron chi connectivity index (χ2n) is 5.39. The smallest absolute Gasteiger partial charge is 0.222 e. The summed E-state index contributed by atoms with van der Waals surface area (Å²) in [5, 5.41) is 0. The lowest BCUT2D eigenvalue weighted by molar-refractivity contribution is 0.0845. The van der Waals surface area contributed by atoms with Gasteiger partial charge in [-0.3, -0.25) is 0 Å². The molecule has 6 heteroatoms. The quantitative estimate of drug-likeness (QED) is 0.807. The van der Waals surface area contributed by atoms with Crippen LogP contribution in [0.4, 0.5) is 11.8 Å². The summed E-state index contributed by atoms with van der Waals surface area (Å²) >= 11 is 0. The van der Waals surface area contributed by atoms with Gasteiger partial charge in [-0.25, -0.2) is 4.98 Å². The number of ether oxygens (including phenoxy) is 1. The van der Waals surface area contributed by atoms with Crippen molar-refractivity contribution in [1.82, 2.24) is 9.97 Å². The van der Waals surface area contributed by atoms with E-state index in [1.54, 1.807) is 0 Å². The van der Waals surface area contributed by atoms with Crippen LogP contribution in [0.25, 0.3) is 0 Å². The minimum absolute atomic E-state index is 0.239. The predicted molar refractivity (Wildman–Crippen MR) is 74.0 cm³/mol. The summed E-state index contributed by atoms with van der Waals surface area (Å²) in [5.41, 5.74) is 12.9. The number of hydrogen-bond acceptors (Lipinski definition) is 6. The van der Waals surface area contributed by atoms with Crippen LogP contribution >= 0.6 is 0 Å². The maximum Gasteiger partial charge on any atom is 0.222 e. The number of rotatable bonds is 2. The maximum atomic E-state index is 5.95. The average Bonchev–Trinajstić information content (AvgIpc) is 2.86. The van der Waals surface area contributed by atoms with Crippen molar-refractivity contribution in [3.05, 3.63) is 11.8 Å². The van der Waals surface area contributed by atoms with Crippen molar-refractivity contribution in [2.75, 3.05) is 36.9 Å². The standard InChI is InChI=1S/C13H21N5O/c14-10-1-4-18(8-10)12-7-11(16-13(15)17-12)9-2-5-19-6-3-9/h7,9-10H,1-6,8,14H2,(H2,15,16,17). The number of nitrogens with two attached hydrogens (primary N) is 2. The molecule has 0 saturated carbocycles. The van der Waals surface area contributed by atoms with Crippen molar-refractivity contribution in [1.29, 1.82) is 0 Å². The van der Waals surface area contributed by atoms with E-state index >= 15 is 0 Å². The first-order valence-corrected chi connectivity index (χ1v) is 6.95. The molecule has 2 saturated heterocycles. The Balaban J connectivity index is 1.83. The van der Waals surface area contributed by atoms with E-state index in [2.05, 4.69) is 20.9 Å². The van der Waals surface area contributed by atoms with Crippen LogP contribution in [0.3, 0.4) is 0 Å². The topological polar surface area (TPSA) is 90.3 Å². The third-order valence-corrected chi connectivity index (χ3v) is 3.94. The highest BCUT2D eigenvalue weighted by Crippen LogP contribution is 2.28.